The summed E-state index contributed by atoms with van der Waals surface area (Å²) in [6, 6.07) is 2.22. The van der Waals surface area contributed by atoms with Crippen molar-refractivity contribution >= 4 is 39.9 Å². The third kappa shape index (κ3) is 4.55. The molecule has 6 rings (SSSR count). The van der Waals surface area contributed by atoms with Crippen LogP contribution in [-0.2, 0) is 4.74 Å². The third-order valence-electron chi connectivity index (χ3n) is 6.73. The van der Waals surface area contributed by atoms with E-state index in [0.717, 1.165) is 68.4 Å². The van der Waals surface area contributed by atoms with E-state index in [1.807, 2.05) is 6.07 Å². The highest BCUT2D eigenvalue weighted by atomic mass is 35.5. The molecule has 35 heavy (non-hydrogen) atoms. The lowest BCUT2D eigenvalue weighted by Gasteiger charge is -2.33. The number of amides is 1. The number of carbonyl (C=O) groups is 1. The van der Waals surface area contributed by atoms with Crippen molar-refractivity contribution in [1.82, 2.24) is 40.0 Å². The van der Waals surface area contributed by atoms with Gasteiger partial charge in [-0.3, -0.25) is 14.9 Å². The minimum Gasteiger partial charge on any atom is -0.370 e. The molecular formula is C23H25ClN8O2S. The van der Waals surface area contributed by atoms with Gasteiger partial charge in [-0.2, -0.15) is 5.10 Å². The van der Waals surface area contributed by atoms with Crippen molar-refractivity contribution in [2.75, 3.05) is 6.61 Å². The van der Waals surface area contributed by atoms with Crippen LogP contribution in [0.4, 0.5) is 0 Å². The molecule has 4 aromatic heterocycles. The molecule has 2 N–H and O–H groups in total. The van der Waals surface area contributed by atoms with E-state index in [4.69, 9.17) is 21.3 Å². The Morgan fingerprint density at radius 2 is 2.11 bits per heavy atom. The van der Waals surface area contributed by atoms with E-state index in [9.17, 15) is 4.79 Å². The van der Waals surface area contributed by atoms with Crippen molar-refractivity contribution in [3.05, 3.63) is 40.0 Å². The number of aromatic nitrogens is 7. The van der Waals surface area contributed by atoms with E-state index in [1.165, 1.54) is 17.5 Å². The second-order valence-corrected chi connectivity index (χ2v) is 10.7. The van der Waals surface area contributed by atoms with E-state index >= 15 is 0 Å². The first kappa shape index (κ1) is 22.6. The molecule has 10 nitrogen and oxygen atoms in total. The molecule has 1 saturated heterocycles. The van der Waals surface area contributed by atoms with Gasteiger partial charge in [0.05, 0.1) is 17.9 Å². The number of ether oxygens (including phenoxy) is 1. The maximum Gasteiger partial charge on any atom is 0.280 e. The standard InChI is InChI=1S/C23H25ClN8O2S/c24-19-11-26-23(35-19)22(33)29-13-4-3-5-14(8-13)32-17-9-15(20-27-12-28-31-20)25-10-16(17)30-21(32)18-6-1-2-7-34-18/h9-14,18H,1-8H2,(H,29,33)(H,27,28,31)/t13-,14+,18?/m0/s1. The highest BCUT2D eigenvalue weighted by Gasteiger charge is 2.31. The monoisotopic (exact) mass is 512 g/mol. The first-order chi connectivity index (χ1) is 17.2. The van der Waals surface area contributed by atoms with E-state index in [-0.39, 0.29) is 24.1 Å². The highest BCUT2D eigenvalue weighted by Crippen LogP contribution is 2.38. The lowest BCUT2D eigenvalue weighted by atomic mass is 9.90. The number of fused-ring (bicyclic) bond motifs is 1. The number of rotatable bonds is 5. The van der Waals surface area contributed by atoms with Gasteiger partial charge in [0.2, 0.25) is 0 Å². The van der Waals surface area contributed by atoms with Crippen molar-refractivity contribution in [3.63, 3.8) is 0 Å². The molecule has 1 saturated carbocycles. The largest absolute Gasteiger partial charge is 0.370 e. The van der Waals surface area contributed by atoms with Gasteiger partial charge in [-0.05, 0) is 51.0 Å². The molecule has 2 aliphatic rings. The molecule has 182 valence electrons. The topological polar surface area (TPSA) is 124 Å². The van der Waals surface area contributed by atoms with Crippen molar-refractivity contribution < 1.29 is 9.53 Å². The predicted octanol–water partition coefficient (Wildman–Crippen LogP) is 4.48. The number of hydrogen-bond donors (Lipinski definition) is 2. The van der Waals surface area contributed by atoms with Crippen molar-refractivity contribution in [3.8, 4) is 11.5 Å². The van der Waals surface area contributed by atoms with E-state index < -0.39 is 0 Å². The summed E-state index contributed by atoms with van der Waals surface area (Å²) in [6.07, 6.45) is 11.7. The summed E-state index contributed by atoms with van der Waals surface area (Å²) in [7, 11) is 0. The Kier molecular flexibility index (Phi) is 6.21. The number of halogens is 1. The lowest BCUT2D eigenvalue weighted by molar-refractivity contribution is 0.00621. The van der Waals surface area contributed by atoms with Crippen LogP contribution in [0.3, 0.4) is 0 Å². The minimum absolute atomic E-state index is 0.0378. The Balaban J connectivity index is 1.34. The van der Waals surface area contributed by atoms with E-state index in [0.29, 0.717) is 20.9 Å². The highest BCUT2D eigenvalue weighted by molar-refractivity contribution is 7.17. The zero-order valence-electron chi connectivity index (χ0n) is 19.0. The van der Waals surface area contributed by atoms with Crippen LogP contribution in [0.2, 0.25) is 4.34 Å². The molecule has 0 bridgehead atoms. The normalized spacial score (nSPS) is 22.9. The molecule has 0 spiro atoms. The zero-order valence-corrected chi connectivity index (χ0v) is 20.6. The van der Waals surface area contributed by atoms with Crippen molar-refractivity contribution in [2.45, 2.75) is 63.1 Å². The van der Waals surface area contributed by atoms with Gasteiger partial charge in [0.1, 0.15) is 33.8 Å². The lowest BCUT2D eigenvalue weighted by Crippen LogP contribution is -2.39. The van der Waals surface area contributed by atoms with Crippen LogP contribution in [0.15, 0.2) is 24.8 Å². The first-order valence-corrected chi connectivity index (χ1v) is 13.1. The molecule has 1 amide bonds. The number of nitrogens with zero attached hydrogens (tertiary/aromatic N) is 6. The average molecular weight is 513 g/mol. The summed E-state index contributed by atoms with van der Waals surface area (Å²) in [5.41, 5.74) is 2.52. The summed E-state index contributed by atoms with van der Waals surface area (Å²) in [4.78, 5) is 30.7. The molecule has 3 atom stereocenters. The van der Waals surface area contributed by atoms with Crippen LogP contribution in [0.5, 0.6) is 0 Å². The Bertz CT molecular complexity index is 1330. The summed E-state index contributed by atoms with van der Waals surface area (Å²) < 4.78 is 8.99. The molecule has 2 fully saturated rings. The maximum atomic E-state index is 12.7. The number of thiazole rings is 1. The molecule has 5 heterocycles. The number of imidazole rings is 1. The predicted molar refractivity (Wildman–Crippen MR) is 131 cm³/mol. The zero-order chi connectivity index (χ0) is 23.8. The minimum atomic E-state index is -0.171. The number of hydrogen-bond acceptors (Lipinski definition) is 8. The van der Waals surface area contributed by atoms with Crippen molar-refractivity contribution in [2.24, 2.45) is 0 Å². The van der Waals surface area contributed by atoms with Gasteiger partial charge < -0.3 is 14.6 Å². The second-order valence-electron chi connectivity index (χ2n) is 9.04. The fourth-order valence-corrected chi connectivity index (χ4v) is 5.98. The fourth-order valence-electron chi connectivity index (χ4n) is 5.16. The van der Waals surface area contributed by atoms with E-state index in [2.05, 4.69) is 35.0 Å². The summed E-state index contributed by atoms with van der Waals surface area (Å²) in [5.74, 6) is 1.32. The van der Waals surface area contributed by atoms with Gasteiger partial charge in [-0.25, -0.2) is 15.0 Å². The van der Waals surface area contributed by atoms with Gasteiger partial charge >= 0.3 is 0 Å². The number of pyridine rings is 1. The van der Waals surface area contributed by atoms with Gasteiger partial charge in [-0.1, -0.05) is 22.9 Å². The molecule has 0 radical (unpaired) electrons. The molecule has 1 aliphatic carbocycles. The van der Waals surface area contributed by atoms with Gasteiger partial charge in [0, 0.05) is 18.7 Å². The Labute approximate surface area is 210 Å². The van der Waals surface area contributed by atoms with Crippen LogP contribution < -0.4 is 5.32 Å². The van der Waals surface area contributed by atoms with Gasteiger partial charge in [0.25, 0.3) is 5.91 Å². The van der Waals surface area contributed by atoms with Crippen LogP contribution in [0.25, 0.3) is 22.6 Å². The van der Waals surface area contributed by atoms with Crippen LogP contribution in [0, 0.1) is 0 Å². The average Bonchev–Trinajstić information content (AvgIpc) is 3.64. The van der Waals surface area contributed by atoms with Gasteiger partial charge in [-0.15, -0.1) is 0 Å². The maximum absolute atomic E-state index is 12.7. The fraction of sp³-hybridized carbons (Fsp3) is 0.478. The Morgan fingerprint density at radius 1 is 1.17 bits per heavy atom. The molecule has 1 aliphatic heterocycles. The molecule has 1 unspecified atom stereocenters. The third-order valence-corrected chi connectivity index (χ3v) is 7.85. The quantitative estimate of drug-likeness (QED) is 0.404. The summed E-state index contributed by atoms with van der Waals surface area (Å²) in [5, 5.41) is 10.5. The van der Waals surface area contributed by atoms with Crippen molar-refractivity contribution in [1.29, 1.82) is 0 Å². The molecule has 0 aromatic carbocycles. The van der Waals surface area contributed by atoms with Gasteiger partial charge in [0.15, 0.2) is 10.8 Å². The SMILES string of the molecule is O=C(N[C@H]1CCC[C@@H](n2c(C3CCCCO3)nc3cnc(-c4nc[nH]n4)cc32)C1)c1ncc(Cl)s1. The number of carbonyl (C=O) groups excluding carboxylic acids is 1. The number of aromatic amines is 1. The molecular weight excluding hydrogens is 488 g/mol. The van der Waals surface area contributed by atoms with Crippen LogP contribution in [-0.4, -0.2) is 53.3 Å². The summed E-state index contributed by atoms with van der Waals surface area (Å²) in [6.45, 7) is 0.744. The van der Waals surface area contributed by atoms with Crippen LogP contribution >= 0.6 is 22.9 Å². The molecule has 4 aromatic rings. The Hall–Kier alpha value is -2.89. The second kappa shape index (κ2) is 9.63. The number of nitrogens with one attached hydrogen (secondary N) is 2. The first-order valence-electron chi connectivity index (χ1n) is 11.9. The smallest absolute Gasteiger partial charge is 0.280 e. The van der Waals surface area contributed by atoms with E-state index in [1.54, 1.807) is 12.5 Å². The molecule has 12 heteroatoms. The Morgan fingerprint density at radius 3 is 2.89 bits per heavy atom. The van der Waals surface area contributed by atoms with Crippen LogP contribution in [0.1, 0.15) is 72.7 Å². The summed E-state index contributed by atoms with van der Waals surface area (Å²) >= 11 is 7.17. The number of H-pyrrole nitrogens is 1.